The first kappa shape index (κ1) is 22.7. The molecule has 2 aromatic carbocycles. The highest BCUT2D eigenvalue weighted by Gasteiger charge is 2.18. The van der Waals surface area contributed by atoms with E-state index >= 15 is 0 Å². The van der Waals surface area contributed by atoms with E-state index in [1.807, 2.05) is 25.1 Å². The third-order valence-electron chi connectivity index (χ3n) is 5.06. The predicted octanol–water partition coefficient (Wildman–Crippen LogP) is 3.44. The first-order chi connectivity index (χ1) is 15.1. The smallest absolute Gasteiger partial charge is 0.191 e. The van der Waals surface area contributed by atoms with Crippen molar-refractivity contribution < 1.29 is 18.9 Å². The summed E-state index contributed by atoms with van der Waals surface area (Å²) in [4.78, 5) is 4.72. The van der Waals surface area contributed by atoms with Gasteiger partial charge in [-0.15, -0.1) is 0 Å². The number of hydrogen-bond donors (Lipinski definition) is 2. The van der Waals surface area contributed by atoms with E-state index in [-0.39, 0.29) is 6.10 Å². The largest absolute Gasteiger partial charge is 0.493 e. The van der Waals surface area contributed by atoms with Crippen molar-refractivity contribution in [1.82, 2.24) is 10.6 Å². The Kier molecular flexibility index (Phi) is 8.41. The summed E-state index contributed by atoms with van der Waals surface area (Å²) in [6.45, 7) is 7.44. The molecule has 7 heteroatoms. The Morgan fingerprint density at radius 3 is 2.61 bits per heavy atom. The maximum absolute atomic E-state index is 6.21. The molecule has 1 aliphatic rings. The van der Waals surface area contributed by atoms with Crippen LogP contribution >= 0.6 is 0 Å². The second kappa shape index (κ2) is 11.5. The van der Waals surface area contributed by atoms with Crippen LogP contribution in [0, 0.1) is 6.92 Å². The van der Waals surface area contributed by atoms with Crippen LogP contribution in [0.2, 0.25) is 0 Å². The lowest BCUT2D eigenvalue weighted by molar-refractivity contribution is 0.140. The third-order valence-corrected chi connectivity index (χ3v) is 5.06. The van der Waals surface area contributed by atoms with E-state index in [9.17, 15) is 0 Å². The standard InChI is InChI=1S/C24H33N3O4/c1-5-25-24(26-14-18-7-9-21(28-3)23(13-18)29-4)27-15-19-8-6-17(2)12-22(19)31-20-10-11-30-16-20/h6-9,12-13,20H,5,10-11,14-16H2,1-4H3,(H2,25,26,27). The van der Waals surface area contributed by atoms with Gasteiger partial charge in [0.2, 0.25) is 0 Å². The van der Waals surface area contributed by atoms with E-state index in [1.165, 1.54) is 5.56 Å². The molecule has 1 unspecified atom stereocenters. The van der Waals surface area contributed by atoms with Crippen LogP contribution in [0.25, 0.3) is 0 Å². The molecule has 7 nitrogen and oxygen atoms in total. The van der Waals surface area contributed by atoms with Crippen LogP contribution in [0.1, 0.15) is 30.0 Å². The van der Waals surface area contributed by atoms with Crippen molar-refractivity contribution >= 4 is 5.96 Å². The zero-order valence-corrected chi connectivity index (χ0v) is 18.9. The lowest BCUT2D eigenvalue weighted by Crippen LogP contribution is -2.37. The van der Waals surface area contributed by atoms with Crippen molar-refractivity contribution in [3.63, 3.8) is 0 Å². The molecular weight excluding hydrogens is 394 g/mol. The molecule has 0 saturated carbocycles. The highest BCUT2D eigenvalue weighted by atomic mass is 16.5. The number of hydrogen-bond acceptors (Lipinski definition) is 5. The highest BCUT2D eigenvalue weighted by molar-refractivity contribution is 5.79. The fourth-order valence-electron chi connectivity index (χ4n) is 3.37. The molecule has 31 heavy (non-hydrogen) atoms. The van der Waals surface area contributed by atoms with Gasteiger partial charge in [-0.2, -0.15) is 0 Å². The normalized spacial score (nSPS) is 16.1. The molecule has 1 heterocycles. The van der Waals surface area contributed by atoms with Crippen LogP contribution in [0.3, 0.4) is 0 Å². The molecule has 2 aromatic rings. The van der Waals surface area contributed by atoms with Gasteiger partial charge in [0.15, 0.2) is 17.5 Å². The first-order valence-electron chi connectivity index (χ1n) is 10.7. The van der Waals surface area contributed by atoms with Gasteiger partial charge >= 0.3 is 0 Å². The number of methoxy groups -OCH3 is 2. The quantitative estimate of drug-likeness (QED) is 0.472. The van der Waals surface area contributed by atoms with Crippen LogP contribution in [0.4, 0.5) is 0 Å². The Morgan fingerprint density at radius 2 is 1.90 bits per heavy atom. The number of guanidine groups is 1. The van der Waals surface area contributed by atoms with Crippen molar-refractivity contribution in [2.24, 2.45) is 4.99 Å². The van der Waals surface area contributed by atoms with E-state index in [1.54, 1.807) is 14.2 Å². The highest BCUT2D eigenvalue weighted by Crippen LogP contribution is 2.28. The van der Waals surface area contributed by atoms with Crippen LogP contribution in [0.15, 0.2) is 41.4 Å². The topological polar surface area (TPSA) is 73.3 Å². The molecule has 0 radical (unpaired) electrons. The maximum Gasteiger partial charge on any atom is 0.191 e. The molecule has 1 atom stereocenters. The van der Waals surface area contributed by atoms with Crippen molar-refractivity contribution in [2.75, 3.05) is 34.0 Å². The van der Waals surface area contributed by atoms with Crippen LogP contribution in [-0.2, 0) is 17.8 Å². The molecular formula is C24H33N3O4. The summed E-state index contributed by atoms with van der Waals surface area (Å²) in [6, 6.07) is 12.1. The van der Waals surface area contributed by atoms with Crippen molar-refractivity contribution in [2.45, 2.75) is 39.5 Å². The van der Waals surface area contributed by atoms with Gasteiger partial charge in [-0.25, -0.2) is 4.99 Å². The van der Waals surface area contributed by atoms with Gasteiger partial charge in [0.1, 0.15) is 11.9 Å². The number of aryl methyl sites for hydroxylation is 1. The lowest BCUT2D eigenvalue weighted by atomic mass is 10.1. The molecule has 0 spiro atoms. The predicted molar refractivity (Wildman–Crippen MR) is 122 cm³/mol. The fraction of sp³-hybridized carbons (Fsp3) is 0.458. The average molecular weight is 428 g/mol. The molecule has 1 saturated heterocycles. The molecule has 2 N–H and O–H groups in total. The van der Waals surface area contributed by atoms with Gasteiger partial charge in [-0.1, -0.05) is 18.2 Å². The Balaban J connectivity index is 1.67. The van der Waals surface area contributed by atoms with E-state index in [4.69, 9.17) is 23.9 Å². The Hall–Kier alpha value is -2.93. The number of nitrogens with zero attached hydrogens (tertiary/aromatic N) is 1. The third kappa shape index (κ3) is 6.52. The summed E-state index contributed by atoms with van der Waals surface area (Å²) in [5, 5.41) is 6.72. The summed E-state index contributed by atoms with van der Waals surface area (Å²) < 4.78 is 22.3. The summed E-state index contributed by atoms with van der Waals surface area (Å²) in [5.41, 5.74) is 3.30. The zero-order valence-electron chi connectivity index (χ0n) is 18.9. The van der Waals surface area contributed by atoms with Crippen LogP contribution in [0.5, 0.6) is 17.2 Å². The van der Waals surface area contributed by atoms with Crippen molar-refractivity contribution in [1.29, 1.82) is 0 Å². The van der Waals surface area contributed by atoms with Gasteiger partial charge < -0.3 is 29.6 Å². The molecule has 168 valence electrons. The maximum atomic E-state index is 6.21. The average Bonchev–Trinajstić information content (AvgIpc) is 3.29. The fourth-order valence-corrected chi connectivity index (χ4v) is 3.37. The number of nitrogens with one attached hydrogen (secondary N) is 2. The van der Waals surface area contributed by atoms with Crippen LogP contribution in [-0.4, -0.2) is 46.0 Å². The summed E-state index contributed by atoms with van der Waals surface area (Å²) >= 11 is 0. The first-order valence-corrected chi connectivity index (χ1v) is 10.7. The monoisotopic (exact) mass is 427 g/mol. The second-order valence-corrected chi connectivity index (χ2v) is 7.45. The number of rotatable bonds is 9. The number of benzene rings is 2. The van der Waals surface area contributed by atoms with E-state index < -0.39 is 0 Å². The molecule has 0 aliphatic carbocycles. The van der Waals surface area contributed by atoms with Gasteiger partial charge in [0.25, 0.3) is 0 Å². The van der Waals surface area contributed by atoms with E-state index in [0.717, 1.165) is 42.4 Å². The van der Waals surface area contributed by atoms with Crippen LogP contribution < -0.4 is 24.8 Å². The Bertz CT molecular complexity index is 879. The minimum absolute atomic E-state index is 0.118. The molecule has 3 rings (SSSR count). The van der Waals surface area contributed by atoms with E-state index in [0.29, 0.717) is 31.2 Å². The minimum atomic E-state index is 0.118. The SMILES string of the molecule is CCNC(=NCc1ccc(OC)c(OC)c1)NCc1ccc(C)cc1OC1CCOC1. The Morgan fingerprint density at radius 1 is 1.06 bits per heavy atom. The lowest BCUT2D eigenvalue weighted by Gasteiger charge is -2.18. The molecule has 0 amide bonds. The van der Waals surface area contributed by atoms with Crippen molar-refractivity contribution in [3.8, 4) is 17.2 Å². The zero-order chi connectivity index (χ0) is 22.1. The minimum Gasteiger partial charge on any atom is -0.493 e. The molecule has 1 fully saturated rings. The van der Waals surface area contributed by atoms with Gasteiger partial charge in [0, 0.05) is 25.1 Å². The van der Waals surface area contributed by atoms with Gasteiger partial charge in [0.05, 0.1) is 34.0 Å². The van der Waals surface area contributed by atoms with E-state index in [2.05, 4.69) is 35.8 Å². The molecule has 0 bridgehead atoms. The number of aliphatic imine (C=N–C) groups is 1. The Labute approximate surface area is 184 Å². The molecule has 0 aromatic heterocycles. The summed E-state index contributed by atoms with van der Waals surface area (Å²) in [7, 11) is 3.26. The second-order valence-electron chi connectivity index (χ2n) is 7.45. The summed E-state index contributed by atoms with van der Waals surface area (Å²) in [5.74, 6) is 3.05. The van der Waals surface area contributed by atoms with Crippen molar-refractivity contribution in [3.05, 3.63) is 53.1 Å². The van der Waals surface area contributed by atoms with Gasteiger partial charge in [-0.3, -0.25) is 0 Å². The summed E-state index contributed by atoms with van der Waals surface area (Å²) in [6.07, 6.45) is 1.04. The number of ether oxygens (including phenoxy) is 4. The van der Waals surface area contributed by atoms with Gasteiger partial charge in [-0.05, 0) is 43.2 Å². The molecule has 1 aliphatic heterocycles.